The van der Waals surface area contributed by atoms with Crippen molar-refractivity contribution in [3.05, 3.63) is 72.9 Å². The van der Waals surface area contributed by atoms with Gasteiger partial charge in [-0.2, -0.15) is 0 Å². The van der Waals surface area contributed by atoms with Crippen LogP contribution in [0.2, 0.25) is 0 Å². The van der Waals surface area contributed by atoms with Gasteiger partial charge in [-0.25, -0.2) is 4.57 Å². The third-order valence-electron chi connectivity index (χ3n) is 10.0. The van der Waals surface area contributed by atoms with Crippen LogP contribution in [0.3, 0.4) is 0 Å². The number of phosphoric ester groups is 1. The lowest BCUT2D eigenvalue weighted by atomic mass is 9.85. The second kappa shape index (κ2) is 36.7. The van der Waals surface area contributed by atoms with Gasteiger partial charge in [-0.3, -0.25) is 18.6 Å². The number of carbonyl (C=O) groups is 2. The van der Waals surface area contributed by atoms with Crippen LogP contribution in [0.25, 0.3) is 0 Å². The van der Waals surface area contributed by atoms with E-state index < -0.39 is 75.7 Å². The third-order valence-corrected chi connectivity index (χ3v) is 11.0. The van der Waals surface area contributed by atoms with Crippen molar-refractivity contribution >= 4 is 19.8 Å². The summed E-state index contributed by atoms with van der Waals surface area (Å²) in [5.41, 5.74) is 0. The van der Waals surface area contributed by atoms with Crippen LogP contribution in [-0.4, -0.2) is 98.3 Å². The highest BCUT2D eigenvalue weighted by Gasteiger charge is 2.51. The average Bonchev–Trinajstić information content (AvgIpc) is 3.24. The molecule has 0 aliphatic heterocycles. The van der Waals surface area contributed by atoms with Crippen molar-refractivity contribution in [3.8, 4) is 0 Å². The van der Waals surface area contributed by atoms with E-state index in [4.69, 9.17) is 18.5 Å². The Hall–Kier alpha value is -2.71. The zero-order chi connectivity index (χ0) is 45.0. The zero-order valence-corrected chi connectivity index (χ0v) is 37.8. The van der Waals surface area contributed by atoms with E-state index >= 15 is 0 Å². The Bertz CT molecular complexity index is 1340. The molecule has 1 aliphatic carbocycles. The highest BCUT2D eigenvalue weighted by Crippen LogP contribution is 2.47. The monoisotopic (exact) mass is 883 g/mol. The Morgan fingerprint density at radius 2 is 0.918 bits per heavy atom. The highest BCUT2D eigenvalue weighted by atomic mass is 31.2. The summed E-state index contributed by atoms with van der Waals surface area (Å²) in [6.45, 7) is 3.12. The van der Waals surface area contributed by atoms with Gasteiger partial charge in [-0.05, 0) is 57.8 Å². The summed E-state index contributed by atoms with van der Waals surface area (Å²) < 4.78 is 33.4. The van der Waals surface area contributed by atoms with Gasteiger partial charge in [-0.15, -0.1) is 0 Å². The van der Waals surface area contributed by atoms with E-state index in [0.29, 0.717) is 19.3 Å². The van der Waals surface area contributed by atoms with Crippen LogP contribution in [-0.2, 0) is 32.7 Å². The van der Waals surface area contributed by atoms with Crippen LogP contribution in [0.15, 0.2) is 72.9 Å². The zero-order valence-electron chi connectivity index (χ0n) is 36.9. The molecule has 13 nitrogen and oxygen atoms in total. The fourth-order valence-corrected chi connectivity index (χ4v) is 7.33. The fourth-order valence-electron chi connectivity index (χ4n) is 6.35. The van der Waals surface area contributed by atoms with Gasteiger partial charge in [0.15, 0.2) is 6.10 Å². The molecule has 0 aromatic carbocycles. The van der Waals surface area contributed by atoms with E-state index in [0.717, 1.165) is 44.9 Å². The second-order valence-corrected chi connectivity index (χ2v) is 16.9. The van der Waals surface area contributed by atoms with Crippen molar-refractivity contribution < 1.29 is 63.1 Å². The largest absolute Gasteiger partial charge is 0.472 e. The minimum atomic E-state index is -5.15. The first-order chi connectivity index (χ1) is 29.4. The van der Waals surface area contributed by atoms with Gasteiger partial charge >= 0.3 is 19.8 Å². The maximum absolute atomic E-state index is 12.8. The Morgan fingerprint density at radius 1 is 0.508 bits per heavy atom. The molecule has 0 radical (unpaired) electrons. The van der Waals surface area contributed by atoms with Crippen LogP contribution >= 0.6 is 7.82 Å². The van der Waals surface area contributed by atoms with Gasteiger partial charge < -0.3 is 39.9 Å². The van der Waals surface area contributed by atoms with Gasteiger partial charge in [-0.1, -0.05) is 157 Å². The Balaban J connectivity index is 2.55. The molecule has 8 atom stereocenters. The number of hydrogen-bond donors (Lipinski definition) is 6. The number of esters is 2. The Morgan fingerprint density at radius 3 is 1.43 bits per heavy atom. The molecule has 1 aliphatic rings. The standard InChI is InChI=1S/C47H79O13P/c1-3-5-7-9-11-13-15-17-19-20-22-24-26-28-30-32-34-36-41(49)59-39(38-58-61(55,56)60-47-45(53)43(51)42(50)44(52)46(47)54)37-57-40(48)35-33-31-29-27-25-23-21-18-16-14-12-10-8-6-4-2/h7,9,13,15,19-20,24,26,29-32,39,42-47,50-54H,3-6,8,10-12,14,16-18,21-23,25,27-28,33-38H2,1-2H3,(H,55,56)/b9-7-,15-13-,20-19-,26-24-,31-29-,32-30-/t39?,42?,43-,44+,45-,46-,47?/m1/s1. The smallest absolute Gasteiger partial charge is 0.462 e. The van der Waals surface area contributed by atoms with Gasteiger partial charge in [0.05, 0.1) is 6.61 Å². The number of phosphoric acid groups is 1. The topological polar surface area (TPSA) is 210 Å². The second-order valence-electron chi connectivity index (χ2n) is 15.5. The first-order valence-electron chi connectivity index (χ1n) is 22.7. The normalized spacial score (nSPS) is 22.7. The van der Waals surface area contributed by atoms with Crippen LogP contribution in [0.5, 0.6) is 0 Å². The lowest BCUT2D eigenvalue weighted by Crippen LogP contribution is -2.64. The molecular weight excluding hydrogens is 803 g/mol. The first-order valence-corrected chi connectivity index (χ1v) is 24.2. The molecule has 0 heterocycles. The van der Waals surface area contributed by atoms with Crippen LogP contribution < -0.4 is 0 Å². The molecule has 0 bridgehead atoms. The lowest BCUT2D eigenvalue weighted by Gasteiger charge is -2.41. The number of hydrogen-bond acceptors (Lipinski definition) is 12. The van der Waals surface area contributed by atoms with E-state index in [1.54, 1.807) is 0 Å². The molecule has 0 aromatic heterocycles. The van der Waals surface area contributed by atoms with Crippen molar-refractivity contribution in [3.63, 3.8) is 0 Å². The number of aliphatic hydroxyl groups excluding tert-OH is 5. The quantitative estimate of drug-likeness (QED) is 0.0151. The van der Waals surface area contributed by atoms with Gasteiger partial charge in [0, 0.05) is 12.8 Å². The fraction of sp³-hybridized carbons (Fsp3) is 0.702. The minimum absolute atomic E-state index is 0.0366. The Labute approximate surface area is 365 Å². The van der Waals surface area contributed by atoms with Crippen molar-refractivity contribution in [1.29, 1.82) is 0 Å². The Kier molecular flexibility index (Phi) is 33.9. The van der Waals surface area contributed by atoms with Gasteiger partial charge in [0.25, 0.3) is 0 Å². The summed E-state index contributed by atoms with van der Waals surface area (Å²) in [7, 11) is -5.15. The third kappa shape index (κ3) is 29.3. The molecule has 6 N–H and O–H groups in total. The van der Waals surface area contributed by atoms with E-state index in [1.165, 1.54) is 64.2 Å². The van der Waals surface area contributed by atoms with Crippen LogP contribution in [0.1, 0.15) is 155 Å². The molecule has 14 heteroatoms. The molecule has 1 fully saturated rings. The number of allylic oxidation sites excluding steroid dienone is 12. The summed E-state index contributed by atoms with van der Waals surface area (Å²) in [6, 6.07) is 0. The molecule has 1 rings (SSSR count). The highest BCUT2D eigenvalue weighted by molar-refractivity contribution is 7.47. The minimum Gasteiger partial charge on any atom is -0.462 e. The molecular formula is C47H79O13P. The number of rotatable bonds is 36. The number of carbonyl (C=O) groups excluding carboxylic acids is 2. The van der Waals surface area contributed by atoms with E-state index in [1.807, 2.05) is 24.3 Å². The van der Waals surface area contributed by atoms with Gasteiger partial charge in [0.2, 0.25) is 0 Å². The molecule has 1 saturated carbocycles. The molecule has 4 unspecified atom stereocenters. The maximum atomic E-state index is 12.8. The van der Waals surface area contributed by atoms with Crippen molar-refractivity contribution in [2.45, 2.75) is 198 Å². The van der Waals surface area contributed by atoms with E-state index in [2.05, 4.69) is 62.5 Å². The number of unbranched alkanes of at least 4 members (excludes halogenated alkanes) is 12. The van der Waals surface area contributed by atoms with Crippen molar-refractivity contribution in [2.75, 3.05) is 13.2 Å². The van der Waals surface area contributed by atoms with E-state index in [9.17, 15) is 44.6 Å². The first kappa shape index (κ1) is 56.3. The van der Waals surface area contributed by atoms with Crippen LogP contribution in [0, 0.1) is 0 Å². The summed E-state index contributed by atoms with van der Waals surface area (Å²) >= 11 is 0. The molecule has 61 heavy (non-hydrogen) atoms. The number of ether oxygens (including phenoxy) is 2. The molecule has 0 spiro atoms. The van der Waals surface area contributed by atoms with E-state index in [-0.39, 0.29) is 12.8 Å². The lowest BCUT2D eigenvalue weighted by molar-refractivity contribution is -0.220. The SMILES string of the molecule is CCC/C=C\C/C=C\C/C=C\C/C=C\C/C=C\CCC(=O)OC(COC(=O)CC/C=C\CCCCCCCCCCCCC)COP(=O)(O)OC1[C@H](O)[C@H](O)C(O)[C@H](O)[C@H]1O. The van der Waals surface area contributed by atoms with Gasteiger partial charge in [0.1, 0.15) is 43.2 Å². The molecule has 350 valence electrons. The predicted octanol–water partition coefficient (Wildman–Crippen LogP) is 8.72. The summed E-state index contributed by atoms with van der Waals surface area (Å²) in [4.78, 5) is 35.6. The maximum Gasteiger partial charge on any atom is 0.472 e. The molecule has 0 aromatic rings. The van der Waals surface area contributed by atoms with Crippen molar-refractivity contribution in [2.24, 2.45) is 0 Å². The summed E-state index contributed by atoms with van der Waals surface area (Å²) in [6.07, 6.45) is 32.7. The summed E-state index contributed by atoms with van der Waals surface area (Å²) in [5.74, 6) is -1.26. The summed E-state index contributed by atoms with van der Waals surface area (Å²) in [5, 5.41) is 50.1. The van der Waals surface area contributed by atoms with Crippen LogP contribution in [0.4, 0.5) is 0 Å². The number of aliphatic hydroxyl groups is 5. The predicted molar refractivity (Wildman–Crippen MR) is 239 cm³/mol. The molecule has 0 saturated heterocycles. The molecule has 0 amide bonds. The average molecular weight is 883 g/mol. The van der Waals surface area contributed by atoms with Crippen molar-refractivity contribution in [1.82, 2.24) is 0 Å².